The average Bonchev–Trinajstić information content (AvgIpc) is 3.75. The van der Waals surface area contributed by atoms with Crippen LogP contribution in [0.2, 0.25) is 0 Å². The second kappa shape index (κ2) is 11.8. The summed E-state index contributed by atoms with van der Waals surface area (Å²) in [6, 6.07) is 54.9. The van der Waals surface area contributed by atoms with Gasteiger partial charge in [-0.2, -0.15) is 0 Å². The fourth-order valence-corrected chi connectivity index (χ4v) is 8.77. The average molecular weight is 675 g/mol. The van der Waals surface area contributed by atoms with Crippen LogP contribution in [0.3, 0.4) is 0 Å². The number of thiophene rings is 2. The van der Waals surface area contributed by atoms with Gasteiger partial charge in [0.15, 0.2) is 0 Å². The van der Waals surface area contributed by atoms with Crippen molar-refractivity contribution in [2.24, 2.45) is 0 Å². The van der Waals surface area contributed by atoms with Gasteiger partial charge in [0.1, 0.15) is 20.7 Å². The molecule has 4 nitrogen and oxygen atoms in total. The predicted octanol–water partition coefficient (Wildman–Crippen LogP) is 12.3. The summed E-state index contributed by atoms with van der Waals surface area (Å²) in [7, 11) is 0. The van der Waals surface area contributed by atoms with Crippen molar-refractivity contribution in [1.29, 1.82) is 0 Å². The molecule has 0 aliphatic carbocycles. The molecule has 4 heterocycles. The molecule has 6 aromatic carbocycles. The van der Waals surface area contributed by atoms with Gasteiger partial charge in [-0.15, -0.1) is 22.7 Å². The van der Waals surface area contributed by atoms with Crippen LogP contribution in [0, 0.1) is 0 Å². The molecule has 0 aliphatic heterocycles. The Morgan fingerprint density at radius 3 is 1.12 bits per heavy atom. The maximum atomic E-state index is 5.33. The van der Waals surface area contributed by atoms with Gasteiger partial charge < -0.3 is 0 Å². The van der Waals surface area contributed by atoms with Crippen molar-refractivity contribution in [2.45, 2.75) is 0 Å². The first-order chi connectivity index (χ1) is 24.8. The van der Waals surface area contributed by atoms with Crippen LogP contribution in [0.1, 0.15) is 0 Å². The van der Waals surface area contributed by atoms with E-state index in [1.165, 1.54) is 9.40 Å². The molecule has 4 aromatic heterocycles. The summed E-state index contributed by atoms with van der Waals surface area (Å²) in [5, 5.41) is 2.27. The Kier molecular flexibility index (Phi) is 6.82. The van der Waals surface area contributed by atoms with E-state index in [1.54, 1.807) is 22.7 Å². The maximum Gasteiger partial charge on any atom is 0.143 e. The van der Waals surface area contributed by atoms with E-state index in [1.807, 2.05) is 12.1 Å². The SMILES string of the molecule is c1ccc(-c2nc3sc4ccccc4c3nc2-c2cccc(-c3cccc(-c4nc5c(nc4-c4ccccc4)sc4ccccc45)c3)c2)cc1. The van der Waals surface area contributed by atoms with Gasteiger partial charge in [-0.05, 0) is 35.4 Å². The minimum Gasteiger partial charge on any atom is -0.242 e. The lowest BCUT2D eigenvalue weighted by molar-refractivity contribution is 1.31. The van der Waals surface area contributed by atoms with Crippen LogP contribution in [0.25, 0.3) is 97.0 Å². The van der Waals surface area contributed by atoms with E-state index in [4.69, 9.17) is 19.9 Å². The molecule has 0 spiro atoms. The van der Waals surface area contributed by atoms with Gasteiger partial charge in [0.05, 0.1) is 22.8 Å². The van der Waals surface area contributed by atoms with Crippen LogP contribution in [0.4, 0.5) is 0 Å². The van der Waals surface area contributed by atoms with Gasteiger partial charge in [-0.25, -0.2) is 19.9 Å². The van der Waals surface area contributed by atoms with Gasteiger partial charge in [-0.3, -0.25) is 0 Å². The van der Waals surface area contributed by atoms with E-state index in [2.05, 4.69) is 146 Å². The van der Waals surface area contributed by atoms with Gasteiger partial charge in [-0.1, -0.05) is 133 Å². The van der Waals surface area contributed by atoms with Gasteiger partial charge in [0.2, 0.25) is 0 Å². The number of nitrogens with zero attached hydrogens (tertiary/aromatic N) is 4. The molecule has 50 heavy (non-hydrogen) atoms. The predicted molar refractivity (Wildman–Crippen MR) is 211 cm³/mol. The Balaban J connectivity index is 1.14. The van der Waals surface area contributed by atoms with Crippen LogP contribution >= 0.6 is 22.7 Å². The summed E-state index contributed by atoms with van der Waals surface area (Å²) in [5.74, 6) is 0. The highest BCUT2D eigenvalue weighted by molar-refractivity contribution is 7.25. The molecular weight excluding hydrogens is 649 g/mol. The van der Waals surface area contributed by atoms with E-state index in [9.17, 15) is 0 Å². The number of rotatable bonds is 5. The summed E-state index contributed by atoms with van der Waals surface area (Å²) < 4.78 is 2.38. The van der Waals surface area contributed by atoms with E-state index >= 15 is 0 Å². The number of aromatic nitrogens is 4. The lowest BCUT2D eigenvalue weighted by Crippen LogP contribution is -1.95. The van der Waals surface area contributed by atoms with Gasteiger partial charge >= 0.3 is 0 Å². The van der Waals surface area contributed by atoms with Gasteiger partial charge in [0, 0.05) is 42.4 Å². The molecule has 6 heteroatoms. The molecule has 0 saturated carbocycles. The lowest BCUT2D eigenvalue weighted by Gasteiger charge is -2.12. The zero-order chi connectivity index (χ0) is 33.0. The molecule has 234 valence electrons. The molecule has 0 bridgehead atoms. The third-order valence-electron chi connectivity index (χ3n) is 9.13. The van der Waals surface area contributed by atoms with E-state index < -0.39 is 0 Å². The Morgan fingerprint density at radius 1 is 0.300 bits per heavy atom. The van der Waals surface area contributed by atoms with Crippen molar-refractivity contribution in [3.05, 3.63) is 158 Å². The summed E-state index contributed by atoms with van der Waals surface area (Å²) >= 11 is 3.38. The van der Waals surface area contributed by atoms with E-state index in [0.29, 0.717) is 0 Å². The largest absolute Gasteiger partial charge is 0.242 e. The first kappa shape index (κ1) is 28.9. The molecule has 0 fully saturated rings. The number of benzene rings is 6. The summed E-state index contributed by atoms with van der Waals surface area (Å²) in [5.41, 5.74) is 11.7. The smallest absolute Gasteiger partial charge is 0.143 e. The Hall–Kier alpha value is -6.08. The third kappa shape index (κ3) is 4.88. The zero-order valence-electron chi connectivity index (χ0n) is 26.6. The fraction of sp³-hybridized carbons (Fsp3) is 0. The number of hydrogen-bond acceptors (Lipinski definition) is 6. The van der Waals surface area contributed by atoms with Crippen molar-refractivity contribution in [2.75, 3.05) is 0 Å². The Morgan fingerprint density at radius 2 is 0.660 bits per heavy atom. The van der Waals surface area contributed by atoms with Crippen molar-refractivity contribution in [3.63, 3.8) is 0 Å². The van der Waals surface area contributed by atoms with Crippen LogP contribution < -0.4 is 0 Å². The summed E-state index contributed by atoms with van der Waals surface area (Å²) in [6.45, 7) is 0. The molecule has 0 N–H and O–H groups in total. The molecule has 0 atom stereocenters. The monoisotopic (exact) mass is 674 g/mol. The first-order valence-corrected chi connectivity index (χ1v) is 18.1. The zero-order valence-corrected chi connectivity index (χ0v) is 28.2. The van der Waals surface area contributed by atoms with Crippen molar-refractivity contribution in [3.8, 4) is 56.2 Å². The molecule has 0 amide bonds. The van der Waals surface area contributed by atoms with Crippen LogP contribution in [0.5, 0.6) is 0 Å². The molecule has 0 aliphatic rings. The molecule has 10 rings (SSSR count). The number of fused-ring (bicyclic) bond motifs is 6. The minimum atomic E-state index is 0.872. The van der Waals surface area contributed by atoms with E-state index in [0.717, 1.165) is 87.6 Å². The Bertz CT molecular complexity index is 2680. The molecule has 0 saturated heterocycles. The van der Waals surface area contributed by atoms with Crippen molar-refractivity contribution in [1.82, 2.24) is 19.9 Å². The van der Waals surface area contributed by atoms with Crippen molar-refractivity contribution >= 4 is 63.5 Å². The van der Waals surface area contributed by atoms with Gasteiger partial charge in [0.25, 0.3) is 0 Å². The second-order valence-electron chi connectivity index (χ2n) is 12.2. The molecule has 0 unspecified atom stereocenters. The molecular formula is C44H26N4S2. The first-order valence-electron chi connectivity index (χ1n) is 16.5. The normalized spacial score (nSPS) is 11.6. The van der Waals surface area contributed by atoms with Crippen LogP contribution in [0.15, 0.2) is 158 Å². The maximum absolute atomic E-state index is 5.33. The number of hydrogen-bond donors (Lipinski definition) is 0. The highest BCUT2D eigenvalue weighted by atomic mass is 32.1. The third-order valence-corrected chi connectivity index (χ3v) is 11.2. The molecule has 0 radical (unpaired) electrons. The van der Waals surface area contributed by atoms with Crippen LogP contribution in [-0.4, -0.2) is 19.9 Å². The van der Waals surface area contributed by atoms with Crippen LogP contribution in [-0.2, 0) is 0 Å². The fourth-order valence-electron chi connectivity index (χ4n) is 6.73. The standard InChI is InChI=1S/C44H26N4S2/c1-3-13-27(14-4-1)37-39(45-41-33-21-7-9-23-35(33)49-43(41)47-37)31-19-11-17-29(25-31)30-18-12-20-32(26-30)40-38(28-15-5-2-6-16-28)48-44-42(46-40)34-22-8-10-24-36(34)50-44/h1-26H. The summed E-state index contributed by atoms with van der Waals surface area (Å²) in [4.78, 5) is 23.0. The minimum absolute atomic E-state index is 0.872. The highest BCUT2D eigenvalue weighted by Gasteiger charge is 2.19. The Labute approximate surface area is 296 Å². The second-order valence-corrected chi connectivity index (χ2v) is 14.3. The topological polar surface area (TPSA) is 51.6 Å². The van der Waals surface area contributed by atoms with Crippen molar-refractivity contribution < 1.29 is 0 Å². The summed E-state index contributed by atoms with van der Waals surface area (Å²) in [6.07, 6.45) is 0. The highest BCUT2D eigenvalue weighted by Crippen LogP contribution is 2.40. The lowest BCUT2D eigenvalue weighted by atomic mass is 9.96. The quantitative estimate of drug-likeness (QED) is 0.182. The van der Waals surface area contributed by atoms with E-state index in [-0.39, 0.29) is 0 Å². The molecule has 10 aromatic rings.